The summed E-state index contributed by atoms with van der Waals surface area (Å²) < 4.78 is 5.19. The van der Waals surface area contributed by atoms with Gasteiger partial charge < -0.3 is 14.8 Å². The van der Waals surface area contributed by atoms with Gasteiger partial charge in [-0.25, -0.2) is 0 Å². The molecule has 0 fully saturated rings. The molecule has 0 aliphatic heterocycles. The molecule has 0 heterocycles. The van der Waals surface area contributed by atoms with Crippen LogP contribution in [0.2, 0.25) is 5.02 Å². The fourth-order valence-electron chi connectivity index (χ4n) is 1.76. The Balaban J connectivity index is 2.87. The average Bonchev–Trinajstić information content (AvgIpc) is 2.28. The van der Waals surface area contributed by atoms with Crippen molar-refractivity contribution >= 4 is 35.0 Å². The second-order valence-electron chi connectivity index (χ2n) is 3.40. The number of methoxy groups -OCH3 is 1. The van der Waals surface area contributed by atoms with Gasteiger partial charge in [0.2, 0.25) is 0 Å². The molecular weight excluding hydrogens is 226 g/mol. The fraction of sp³-hybridized carbons (Fsp3) is 0.0909. The Labute approximate surface area is 98.4 Å². The van der Waals surface area contributed by atoms with Crippen LogP contribution in [0.1, 0.15) is 0 Å². The van der Waals surface area contributed by atoms with Crippen molar-refractivity contribution in [1.29, 1.82) is 0 Å². The first kappa shape index (κ1) is 11.3. The van der Waals surface area contributed by atoms with Crippen LogP contribution in [0, 0.1) is 0 Å². The first-order chi connectivity index (χ1) is 7.65. The average molecular weight is 236 g/mol. The van der Waals surface area contributed by atoms with Crippen molar-refractivity contribution < 1.29 is 14.8 Å². The van der Waals surface area contributed by atoms with E-state index in [-0.39, 0.29) is 0 Å². The fourth-order valence-corrected chi connectivity index (χ4v) is 2.00. The van der Waals surface area contributed by atoms with Gasteiger partial charge in [-0.3, -0.25) is 0 Å². The molecule has 0 bridgehead atoms. The zero-order valence-corrected chi connectivity index (χ0v) is 9.40. The number of rotatable bonds is 2. The zero-order chi connectivity index (χ0) is 11.7. The van der Waals surface area contributed by atoms with Crippen molar-refractivity contribution in [3.8, 4) is 5.75 Å². The topological polar surface area (TPSA) is 49.7 Å². The van der Waals surface area contributed by atoms with Crippen LogP contribution in [-0.4, -0.2) is 24.3 Å². The highest BCUT2D eigenvalue weighted by Gasteiger charge is 2.18. The van der Waals surface area contributed by atoms with Crippen LogP contribution >= 0.6 is 11.6 Å². The molecule has 2 aromatic rings. The van der Waals surface area contributed by atoms with Gasteiger partial charge in [0.15, 0.2) is 0 Å². The number of ether oxygens (including phenoxy) is 1. The molecule has 2 N–H and O–H groups in total. The molecule has 0 aliphatic rings. The van der Waals surface area contributed by atoms with E-state index in [0.29, 0.717) is 21.6 Å². The maximum Gasteiger partial charge on any atom is 0.489 e. The van der Waals surface area contributed by atoms with Gasteiger partial charge in [0.1, 0.15) is 5.75 Å². The molecule has 0 unspecified atom stereocenters. The van der Waals surface area contributed by atoms with E-state index in [4.69, 9.17) is 16.3 Å². The van der Waals surface area contributed by atoms with E-state index in [1.165, 1.54) is 7.11 Å². The van der Waals surface area contributed by atoms with Gasteiger partial charge in [0.25, 0.3) is 0 Å². The summed E-state index contributed by atoms with van der Waals surface area (Å²) >= 11 is 5.99. The summed E-state index contributed by atoms with van der Waals surface area (Å²) in [6.45, 7) is 0. The van der Waals surface area contributed by atoms with E-state index in [9.17, 15) is 10.0 Å². The van der Waals surface area contributed by atoms with Crippen molar-refractivity contribution in [3.05, 3.63) is 35.4 Å². The summed E-state index contributed by atoms with van der Waals surface area (Å²) in [5.41, 5.74) is 0.386. The van der Waals surface area contributed by atoms with Crippen LogP contribution < -0.4 is 10.2 Å². The second-order valence-corrected chi connectivity index (χ2v) is 3.81. The van der Waals surface area contributed by atoms with E-state index >= 15 is 0 Å². The molecule has 16 heavy (non-hydrogen) atoms. The van der Waals surface area contributed by atoms with Gasteiger partial charge in [-0.1, -0.05) is 35.9 Å². The molecule has 2 aromatic carbocycles. The zero-order valence-electron chi connectivity index (χ0n) is 8.64. The molecule has 0 saturated heterocycles. The van der Waals surface area contributed by atoms with Crippen molar-refractivity contribution in [2.45, 2.75) is 0 Å². The minimum atomic E-state index is -1.55. The maximum absolute atomic E-state index is 9.29. The van der Waals surface area contributed by atoms with E-state index in [1.54, 1.807) is 18.2 Å². The lowest BCUT2D eigenvalue weighted by Crippen LogP contribution is -2.30. The lowest BCUT2D eigenvalue weighted by molar-refractivity contribution is 0.417. The molecule has 82 valence electrons. The van der Waals surface area contributed by atoms with Gasteiger partial charge >= 0.3 is 7.12 Å². The molecule has 0 atom stereocenters. The van der Waals surface area contributed by atoms with E-state index < -0.39 is 7.12 Å². The predicted octanol–water partition coefficient (Wildman–Crippen LogP) is 1.18. The third-order valence-corrected chi connectivity index (χ3v) is 2.76. The summed E-state index contributed by atoms with van der Waals surface area (Å²) in [5, 5.41) is 20.5. The Hall–Kier alpha value is -1.23. The molecule has 3 nitrogen and oxygen atoms in total. The standard InChI is InChI=1S/C11H10BClO3/c1-16-11-9(13)6-5-7-3-2-4-8(10(7)11)12(14)15/h2-6,14-15H,1H3. The molecule has 0 aliphatic carbocycles. The Morgan fingerprint density at radius 3 is 2.56 bits per heavy atom. The molecule has 0 spiro atoms. The normalized spacial score (nSPS) is 10.5. The smallest absolute Gasteiger partial charge is 0.489 e. The van der Waals surface area contributed by atoms with Gasteiger partial charge in [-0.05, 0) is 16.9 Å². The number of benzene rings is 2. The first-order valence-electron chi connectivity index (χ1n) is 4.76. The molecule has 5 heteroatoms. The quantitative estimate of drug-likeness (QED) is 0.770. The number of fused-ring (bicyclic) bond motifs is 1. The molecular formula is C11H10BClO3. The Morgan fingerprint density at radius 1 is 1.19 bits per heavy atom. The lowest BCUT2D eigenvalue weighted by atomic mass is 9.77. The SMILES string of the molecule is COc1c(Cl)ccc2cccc(B(O)O)c12. The highest BCUT2D eigenvalue weighted by molar-refractivity contribution is 6.62. The van der Waals surface area contributed by atoms with E-state index in [0.717, 1.165) is 5.39 Å². The molecule has 0 aromatic heterocycles. The summed E-state index contributed by atoms with van der Waals surface area (Å²) in [6.07, 6.45) is 0. The van der Waals surface area contributed by atoms with Crippen LogP contribution in [0.25, 0.3) is 10.8 Å². The van der Waals surface area contributed by atoms with Gasteiger partial charge in [0.05, 0.1) is 12.1 Å². The minimum Gasteiger partial charge on any atom is -0.495 e. The van der Waals surface area contributed by atoms with Crippen LogP contribution in [0.3, 0.4) is 0 Å². The van der Waals surface area contributed by atoms with Gasteiger partial charge in [-0.2, -0.15) is 0 Å². The molecule has 0 amide bonds. The Morgan fingerprint density at radius 2 is 1.94 bits per heavy atom. The molecule has 0 radical (unpaired) electrons. The van der Waals surface area contributed by atoms with Crippen LogP contribution in [0.15, 0.2) is 30.3 Å². The third kappa shape index (κ3) is 1.75. The van der Waals surface area contributed by atoms with Crippen LogP contribution in [0.5, 0.6) is 5.75 Å². The maximum atomic E-state index is 9.29. The van der Waals surface area contributed by atoms with Crippen LogP contribution in [0.4, 0.5) is 0 Å². The van der Waals surface area contributed by atoms with Gasteiger partial charge in [0, 0.05) is 5.39 Å². The second kappa shape index (κ2) is 4.33. The summed E-state index contributed by atoms with van der Waals surface area (Å²) in [5.74, 6) is 0.461. The Bertz CT molecular complexity index is 528. The van der Waals surface area contributed by atoms with Crippen molar-refractivity contribution in [2.75, 3.05) is 7.11 Å². The van der Waals surface area contributed by atoms with Gasteiger partial charge in [-0.15, -0.1) is 0 Å². The van der Waals surface area contributed by atoms with Crippen LogP contribution in [-0.2, 0) is 0 Å². The number of halogens is 1. The summed E-state index contributed by atoms with van der Waals surface area (Å²) in [4.78, 5) is 0. The highest BCUT2D eigenvalue weighted by atomic mass is 35.5. The predicted molar refractivity (Wildman–Crippen MR) is 65.3 cm³/mol. The minimum absolute atomic E-state index is 0.386. The van der Waals surface area contributed by atoms with Crippen molar-refractivity contribution in [1.82, 2.24) is 0 Å². The highest BCUT2D eigenvalue weighted by Crippen LogP contribution is 2.32. The largest absolute Gasteiger partial charge is 0.495 e. The van der Waals surface area contributed by atoms with Crippen molar-refractivity contribution in [2.24, 2.45) is 0 Å². The summed E-state index contributed by atoms with van der Waals surface area (Å²) in [7, 11) is -0.0441. The number of hydrogen-bond donors (Lipinski definition) is 2. The molecule has 0 saturated carbocycles. The van der Waals surface area contributed by atoms with E-state index in [2.05, 4.69) is 0 Å². The monoisotopic (exact) mass is 236 g/mol. The van der Waals surface area contributed by atoms with E-state index in [1.807, 2.05) is 12.1 Å². The lowest BCUT2D eigenvalue weighted by Gasteiger charge is -2.11. The first-order valence-corrected chi connectivity index (χ1v) is 5.14. The number of hydrogen-bond acceptors (Lipinski definition) is 3. The summed E-state index contributed by atoms with van der Waals surface area (Å²) in [6, 6.07) is 8.78. The van der Waals surface area contributed by atoms with Crippen molar-refractivity contribution in [3.63, 3.8) is 0 Å². The third-order valence-electron chi connectivity index (χ3n) is 2.46. The molecule has 2 rings (SSSR count). The Kier molecular flexibility index (Phi) is 3.05.